The number of anilines is 1. The van der Waals surface area contributed by atoms with Crippen molar-refractivity contribution in [1.82, 2.24) is 14.9 Å². The molecule has 2 fully saturated rings. The first kappa shape index (κ1) is 17.3. The Morgan fingerprint density at radius 2 is 2.00 bits per heavy atom. The molecule has 1 aromatic carbocycles. The summed E-state index contributed by atoms with van der Waals surface area (Å²) < 4.78 is 0. The molecule has 6 nitrogen and oxygen atoms in total. The van der Waals surface area contributed by atoms with Gasteiger partial charge in [0.25, 0.3) is 5.91 Å². The highest BCUT2D eigenvalue weighted by molar-refractivity contribution is 6.08. The molecule has 2 aliphatic heterocycles. The molecule has 3 aliphatic rings. The van der Waals surface area contributed by atoms with Crippen LogP contribution in [-0.4, -0.2) is 39.3 Å². The Morgan fingerprint density at radius 1 is 1.25 bits per heavy atom. The minimum absolute atomic E-state index is 0.0165. The van der Waals surface area contributed by atoms with E-state index in [1.807, 2.05) is 29.2 Å². The molecule has 2 amide bonds. The highest BCUT2D eigenvalue weighted by Gasteiger charge is 2.58. The lowest BCUT2D eigenvalue weighted by Gasteiger charge is -2.34. The van der Waals surface area contributed by atoms with E-state index in [2.05, 4.69) is 22.2 Å². The summed E-state index contributed by atoms with van der Waals surface area (Å²) in [5.41, 5.74) is 1.75. The van der Waals surface area contributed by atoms with Crippen molar-refractivity contribution < 1.29 is 9.59 Å². The summed E-state index contributed by atoms with van der Waals surface area (Å²) >= 11 is 0. The van der Waals surface area contributed by atoms with Crippen LogP contribution in [0.3, 0.4) is 0 Å². The molecule has 1 saturated heterocycles. The standard InChI is InChI=1S/C22H24N4O2/c1-2-5-18-22(16-6-3-4-7-17(16)25-21(22)28)10-11-26(18)20(27)15-12-23-19(24-13-15)14-8-9-14/h3-4,6-7,12-14,18H,2,5,8-11H2,1H3,(H,25,28)/t18-,22+/m0/s1. The van der Waals surface area contributed by atoms with Crippen LogP contribution in [-0.2, 0) is 10.2 Å². The molecule has 1 spiro atoms. The number of aromatic nitrogens is 2. The van der Waals surface area contributed by atoms with Gasteiger partial charge in [-0.15, -0.1) is 0 Å². The second-order valence-electron chi connectivity index (χ2n) is 8.13. The zero-order chi connectivity index (χ0) is 19.3. The molecule has 2 aromatic rings. The van der Waals surface area contributed by atoms with Crippen molar-refractivity contribution in [3.8, 4) is 0 Å². The number of rotatable bonds is 4. The Balaban J connectivity index is 1.49. The van der Waals surface area contributed by atoms with Crippen molar-refractivity contribution in [1.29, 1.82) is 0 Å². The summed E-state index contributed by atoms with van der Waals surface area (Å²) in [6.45, 7) is 2.66. The van der Waals surface area contributed by atoms with Gasteiger partial charge in [0.2, 0.25) is 5.91 Å². The molecule has 1 aliphatic carbocycles. The molecule has 144 valence electrons. The van der Waals surface area contributed by atoms with Gasteiger partial charge in [-0.2, -0.15) is 0 Å². The third kappa shape index (κ3) is 2.47. The third-order valence-electron chi connectivity index (χ3n) is 6.44. The number of nitrogens with one attached hydrogen (secondary N) is 1. The lowest BCUT2D eigenvalue weighted by Crippen LogP contribution is -2.48. The maximum absolute atomic E-state index is 13.3. The van der Waals surface area contributed by atoms with E-state index in [0.29, 0.717) is 24.4 Å². The molecule has 6 heteroatoms. The topological polar surface area (TPSA) is 75.2 Å². The van der Waals surface area contributed by atoms with Crippen molar-refractivity contribution in [3.05, 3.63) is 53.6 Å². The second kappa shape index (κ2) is 6.40. The minimum Gasteiger partial charge on any atom is -0.334 e. The molecule has 1 aromatic heterocycles. The van der Waals surface area contributed by atoms with Crippen LogP contribution in [0.1, 0.15) is 66.7 Å². The van der Waals surface area contributed by atoms with Gasteiger partial charge in [-0.05, 0) is 37.3 Å². The number of fused-ring (bicyclic) bond motifs is 2. The smallest absolute Gasteiger partial charge is 0.257 e. The number of likely N-dealkylation sites (tertiary alicyclic amines) is 1. The van der Waals surface area contributed by atoms with E-state index < -0.39 is 5.41 Å². The fraction of sp³-hybridized carbons (Fsp3) is 0.455. The molecular weight excluding hydrogens is 352 g/mol. The molecule has 5 rings (SSSR count). The Hall–Kier alpha value is -2.76. The first-order chi connectivity index (χ1) is 13.6. The van der Waals surface area contributed by atoms with Gasteiger partial charge < -0.3 is 10.2 Å². The van der Waals surface area contributed by atoms with Crippen LogP contribution in [0.25, 0.3) is 0 Å². The van der Waals surface area contributed by atoms with Crippen LogP contribution >= 0.6 is 0 Å². The normalized spacial score (nSPS) is 25.8. The maximum Gasteiger partial charge on any atom is 0.257 e. The van der Waals surface area contributed by atoms with Gasteiger partial charge in [-0.25, -0.2) is 9.97 Å². The molecule has 0 bridgehead atoms. The van der Waals surface area contributed by atoms with Crippen LogP contribution in [0.5, 0.6) is 0 Å². The highest BCUT2D eigenvalue weighted by atomic mass is 16.2. The number of para-hydroxylation sites is 1. The van der Waals surface area contributed by atoms with E-state index in [4.69, 9.17) is 0 Å². The van der Waals surface area contributed by atoms with Crippen LogP contribution in [0.15, 0.2) is 36.7 Å². The predicted molar refractivity (Wildman–Crippen MR) is 105 cm³/mol. The first-order valence-corrected chi connectivity index (χ1v) is 10.2. The monoisotopic (exact) mass is 376 g/mol. The number of benzene rings is 1. The minimum atomic E-state index is -0.656. The lowest BCUT2D eigenvalue weighted by atomic mass is 9.73. The number of nitrogens with zero attached hydrogens (tertiary/aromatic N) is 3. The Bertz CT molecular complexity index is 938. The fourth-order valence-electron chi connectivity index (χ4n) is 4.89. The Kier molecular flexibility index (Phi) is 3.96. The van der Waals surface area contributed by atoms with E-state index in [-0.39, 0.29) is 17.9 Å². The summed E-state index contributed by atoms with van der Waals surface area (Å²) in [6, 6.07) is 7.72. The number of amides is 2. The molecule has 0 radical (unpaired) electrons. The van der Waals surface area contributed by atoms with Gasteiger partial charge in [-0.1, -0.05) is 31.5 Å². The quantitative estimate of drug-likeness (QED) is 0.889. The van der Waals surface area contributed by atoms with Crippen LogP contribution in [0.2, 0.25) is 0 Å². The zero-order valence-corrected chi connectivity index (χ0v) is 16.0. The maximum atomic E-state index is 13.3. The van der Waals surface area contributed by atoms with Crippen LogP contribution < -0.4 is 5.32 Å². The number of carbonyl (C=O) groups excluding carboxylic acids is 2. The largest absolute Gasteiger partial charge is 0.334 e. The summed E-state index contributed by atoms with van der Waals surface area (Å²) in [5, 5.41) is 3.04. The molecule has 2 atom stereocenters. The van der Waals surface area contributed by atoms with Crippen LogP contribution in [0, 0.1) is 0 Å². The molecule has 1 saturated carbocycles. The van der Waals surface area contributed by atoms with E-state index in [1.54, 1.807) is 12.4 Å². The van der Waals surface area contributed by atoms with E-state index in [0.717, 1.165) is 42.8 Å². The molecular formula is C22H24N4O2. The zero-order valence-electron chi connectivity index (χ0n) is 16.0. The average molecular weight is 376 g/mol. The summed E-state index contributed by atoms with van der Waals surface area (Å²) in [4.78, 5) is 37.1. The van der Waals surface area contributed by atoms with E-state index in [1.165, 1.54) is 0 Å². The molecule has 0 unspecified atom stereocenters. The number of carbonyl (C=O) groups is 2. The second-order valence-corrected chi connectivity index (χ2v) is 8.13. The third-order valence-corrected chi connectivity index (χ3v) is 6.44. The molecule has 1 N–H and O–H groups in total. The lowest BCUT2D eigenvalue weighted by molar-refractivity contribution is -0.121. The summed E-state index contributed by atoms with van der Waals surface area (Å²) in [6.07, 6.45) is 7.91. The first-order valence-electron chi connectivity index (χ1n) is 10.2. The van der Waals surface area contributed by atoms with Gasteiger partial charge in [0.15, 0.2) is 0 Å². The SMILES string of the molecule is CCC[C@@H]1N(C(=O)c2cnc(C3CC3)nc2)CC[C@]12C(=O)Nc1ccccc12. The van der Waals surface area contributed by atoms with Gasteiger partial charge in [0.05, 0.1) is 17.0 Å². The van der Waals surface area contributed by atoms with Crippen molar-refractivity contribution in [2.75, 3.05) is 11.9 Å². The van der Waals surface area contributed by atoms with Gasteiger partial charge in [0.1, 0.15) is 5.82 Å². The Morgan fingerprint density at radius 3 is 2.71 bits per heavy atom. The number of hydrogen-bond acceptors (Lipinski definition) is 4. The fourth-order valence-corrected chi connectivity index (χ4v) is 4.89. The predicted octanol–water partition coefficient (Wildman–Crippen LogP) is 3.26. The van der Waals surface area contributed by atoms with Crippen molar-refractivity contribution >= 4 is 17.5 Å². The van der Waals surface area contributed by atoms with Gasteiger partial charge >= 0.3 is 0 Å². The molecule has 28 heavy (non-hydrogen) atoms. The van der Waals surface area contributed by atoms with Gasteiger partial charge in [-0.3, -0.25) is 9.59 Å². The molecule has 3 heterocycles. The average Bonchev–Trinajstić information content (AvgIpc) is 3.45. The Labute approximate surface area is 164 Å². The van der Waals surface area contributed by atoms with E-state index >= 15 is 0 Å². The summed E-state index contributed by atoms with van der Waals surface area (Å²) in [5.74, 6) is 1.24. The highest BCUT2D eigenvalue weighted by Crippen LogP contribution is 2.49. The number of hydrogen-bond donors (Lipinski definition) is 1. The summed E-state index contributed by atoms with van der Waals surface area (Å²) in [7, 11) is 0. The van der Waals surface area contributed by atoms with Crippen molar-refractivity contribution in [2.45, 2.75) is 56.4 Å². The van der Waals surface area contributed by atoms with Gasteiger partial charge in [0, 0.05) is 30.5 Å². The van der Waals surface area contributed by atoms with Crippen LogP contribution in [0.4, 0.5) is 5.69 Å². The van der Waals surface area contributed by atoms with Crippen molar-refractivity contribution in [3.63, 3.8) is 0 Å². The van der Waals surface area contributed by atoms with E-state index in [9.17, 15) is 9.59 Å². The van der Waals surface area contributed by atoms with Crippen molar-refractivity contribution in [2.24, 2.45) is 0 Å².